The van der Waals surface area contributed by atoms with Gasteiger partial charge in [0.25, 0.3) is 0 Å². The van der Waals surface area contributed by atoms with Crippen molar-refractivity contribution in [1.82, 2.24) is 10.2 Å². The van der Waals surface area contributed by atoms with E-state index in [2.05, 4.69) is 15.2 Å². The van der Waals surface area contributed by atoms with E-state index in [1.165, 1.54) is 6.26 Å². The molecule has 0 aliphatic carbocycles. The third kappa shape index (κ3) is 7.10. The van der Waals surface area contributed by atoms with E-state index in [1.54, 1.807) is 0 Å². The number of hydrogen-bond donors (Lipinski definition) is 1. The van der Waals surface area contributed by atoms with Crippen LogP contribution in [-0.4, -0.2) is 82.9 Å². The molecule has 23 heavy (non-hydrogen) atoms. The van der Waals surface area contributed by atoms with E-state index in [0.29, 0.717) is 6.61 Å². The van der Waals surface area contributed by atoms with E-state index in [9.17, 15) is 8.42 Å². The van der Waals surface area contributed by atoms with Gasteiger partial charge in [0.05, 0.1) is 25.0 Å². The van der Waals surface area contributed by atoms with E-state index < -0.39 is 9.84 Å². The molecule has 2 atom stereocenters. The molecule has 0 radical (unpaired) electrons. The SMILES string of the molecule is CCNC(=NCCS(C)(=O)=O)N1CCOC(C2CCCO2)C1.I. The first-order chi connectivity index (χ1) is 10.5. The Kier molecular flexibility index (Phi) is 9.09. The van der Waals surface area contributed by atoms with E-state index in [4.69, 9.17) is 9.47 Å². The second-order valence-electron chi connectivity index (χ2n) is 5.77. The topological polar surface area (TPSA) is 80.2 Å². The highest BCUT2D eigenvalue weighted by Crippen LogP contribution is 2.21. The molecule has 2 heterocycles. The zero-order chi connectivity index (χ0) is 16.0. The van der Waals surface area contributed by atoms with Gasteiger partial charge in [-0.15, -0.1) is 24.0 Å². The van der Waals surface area contributed by atoms with Crippen LogP contribution in [0.15, 0.2) is 4.99 Å². The van der Waals surface area contributed by atoms with Crippen molar-refractivity contribution in [3.8, 4) is 0 Å². The molecule has 136 valence electrons. The molecule has 2 rings (SSSR count). The van der Waals surface area contributed by atoms with Crippen molar-refractivity contribution in [3.63, 3.8) is 0 Å². The minimum atomic E-state index is -2.99. The first-order valence-electron chi connectivity index (χ1n) is 7.94. The average molecular weight is 461 g/mol. The summed E-state index contributed by atoms with van der Waals surface area (Å²) in [6.45, 7) is 5.98. The molecule has 2 aliphatic rings. The van der Waals surface area contributed by atoms with Crippen LogP contribution in [0.3, 0.4) is 0 Å². The second kappa shape index (κ2) is 10.00. The summed E-state index contributed by atoms with van der Waals surface area (Å²) < 4.78 is 34.0. The Labute approximate surface area is 156 Å². The molecule has 2 saturated heterocycles. The van der Waals surface area contributed by atoms with Crippen LogP contribution in [-0.2, 0) is 19.3 Å². The number of halogens is 1. The van der Waals surface area contributed by atoms with Crippen molar-refractivity contribution in [2.75, 3.05) is 51.4 Å². The summed E-state index contributed by atoms with van der Waals surface area (Å²) in [5.74, 6) is 0.832. The van der Waals surface area contributed by atoms with Gasteiger partial charge in [0.1, 0.15) is 15.9 Å². The quantitative estimate of drug-likeness (QED) is 0.365. The van der Waals surface area contributed by atoms with Crippen molar-refractivity contribution in [2.45, 2.75) is 32.0 Å². The minimum Gasteiger partial charge on any atom is -0.375 e. The van der Waals surface area contributed by atoms with Crippen molar-refractivity contribution < 1.29 is 17.9 Å². The number of sulfone groups is 1. The normalized spacial score (nSPS) is 26.0. The van der Waals surface area contributed by atoms with Crippen LogP contribution < -0.4 is 5.32 Å². The minimum absolute atomic E-state index is 0. The standard InChI is InChI=1S/C14H27N3O4S.HI/c1-3-15-14(16-6-10-22(2,18)19)17-7-9-21-13(11-17)12-5-4-8-20-12;/h12-13H,3-11H2,1-2H3,(H,15,16);1H. The molecule has 9 heteroatoms. The number of aliphatic imine (C=N–C) groups is 1. The lowest BCUT2D eigenvalue weighted by molar-refractivity contribution is -0.0816. The molecule has 0 aromatic rings. The fourth-order valence-electron chi connectivity index (χ4n) is 2.73. The summed E-state index contributed by atoms with van der Waals surface area (Å²) in [6, 6.07) is 0. The zero-order valence-corrected chi connectivity index (χ0v) is 17.0. The van der Waals surface area contributed by atoms with Gasteiger partial charge in [0, 0.05) is 32.5 Å². The molecule has 2 unspecified atom stereocenters. The van der Waals surface area contributed by atoms with Gasteiger partial charge < -0.3 is 19.7 Å². The lowest BCUT2D eigenvalue weighted by atomic mass is 10.1. The Morgan fingerprint density at radius 1 is 1.30 bits per heavy atom. The maximum atomic E-state index is 11.2. The number of hydrogen-bond acceptors (Lipinski definition) is 5. The van der Waals surface area contributed by atoms with Crippen molar-refractivity contribution in [1.29, 1.82) is 0 Å². The van der Waals surface area contributed by atoms with Crippen molar-refractivity contribution >= 4 is 39.8 Å². The van der Waals surface area contributed by atoms with Gasteiger partial charge in [-0.05, 0) is 19.8 Å². The molecule has 0 spiro atoms. The summed E-state index contributed by atoms with van der Waals surface area (Å²) in [4.78, 5) is 6.58. The predicted molar refractivity (Wildman–Crippen MR) is 101 cm³/mol. The summed E-state index contributed by atoms with van der Waals surface area (Å²) in [7, 11) is -2.99. The van der Waals surface area contributed by atoms with Gasteiger partial charge in [-0.3, -0.25) is 4.99 Å². The highest BCUT2D eigenvalue weighted by molar-refractivity contribution is 14.0. The van der Waals surface area contributed by atoms with E-state index in [1.807, 2.05) is 6.92 Å². The third-order valence-electron chi connectivity index (χ3n) is 3.83. The Morgan fingerprint density at radius 3 is 2.65 bits per heavy atom. The number of ether oxygens (including phenoxy) is 2. The Hall–Kier alpha value is -0.130. The molecule has 0 saturated carbocycles. The van der Waals surface area contributed by atoms with Crippen LogP contribution >= 0.6 is 24.0 Å². The van der Waals surface area contributed by atoms with E-state index in [-0.39, 0.29) is 48.5 Å². The number of guanidine groups is 1. The van der Waals surface area contributed by atoms with Gasteiger partial charge in [0.2, 0.25) is 0 Å². The largest absolute Gasteiger partial charge is 0.375 e. The highest BCUT2D eigenvalue weighted by atomic mass is 127. The summed E-state index contributed by atoms with van der Waals surface area (Å²) in [6.07, 6.45) is 3.60. The number of morpholine rings is 1. The summed E-state index contributed by atoms with van der Waals surface area (Å²) in [5, 5.41) is 3.23. The Bertz CT molecular complexity index is 480. The van der Waals surface area contributed by atoms with Crippen LogP contribution in [0.2, 0.25) is 0 Å². The van der Waals surface area contributed by atoms with Crippen LogP contribution in [0.1, 0.15) is 19.8 Å². The van der Waals surface area contributed by atoms with Crippen LogP contribution in [0.4, 0.5) is 0 Å². The number of nitrogens with one attached hydrogen (secondary N) is 1. The van der Waals surface area contributed by atoms with E-state index in [0.717, 1.165) is 45.0 Å². The fourth-order valence-corrected chi connectivity index (χ4v) is 3.15. The molecule has 0 aromatic carbocycles. The highest BCUT2D eigenvalue weighted by Gasteiger charge is 2.32. The number of rotatable bonds is 5. The molecule has 2 fully saturated rings. The lowest BCUT2D eigenvalue weighted by Crippen LogP contribution is -2.53. The molecule has 7 nitrogen and oxygen atoms in total. The van der Waals surface area contributed by atoms with Gasteiger partial charge in [-0.1, -0.05) is 0 Å². The molecule has 1 N–H and O–H groups in total. The summed E-state index contributed by atoms with van der Waals surface area (Å²) >= 11 is 0. The van der Waals surface area contributed by atoms with E-state index >= 15 is 0 Å². The molecule has 2 aliphatic heterocycles. The molecule has 0 bridgehead atoms. The maximum absolute atomic E-state index is 11.2. The Morgan fingerprint density at radius 2 is 2.04 bits per heavy atom. The monoisotopic (exact) mass is 461 g/mol. The predicted octanol–water partition coefficient (Wildman–Crippen LogP) is 0.494. The Balaban J connectivity index is 0.00000264. The van der Waals surface area contributed by atoms with Crippen LogP contribution in [0.25, 0.3) is 0 Å². The molecule has 0 aromatic heterocycles. The fraction of sp³-hybridized carbons (Fsp3) is 0.929. The first kappa shape index (κ1) is 20.9. The third-order valence-corrected chi connectivity index (χ3v) is 4.76. The molecule has 0 amide bonds. The second-order valence-corrected chi connectivity index (χ2v) is 8.03. The van der Waals surface area contributed by atoms with Crippen LogP contribution in [0, 0.1) is 0 Å². The average Bonchev–Trinajstić information content (AvgIpc) is 2.99. The summed E-state index contributed by atoms with van der Waals surface area (Å²) in [5.41, 5.74) is 0. The first-order valence-corrected chi connectivity index (χ1v) is 10.00. The molecular formula is C14H28IN3O4S. The van der Waals surface area contributed by atoms with Gasteiger partial charge in [-0.2, -0.15) is 0 Å². The van der Waals surface area contributed by atoms with Crippen molar-refractivity contribution in [3.05, 3.63) is 0 Å². The lowest BCUT2D eigenvalue weighted by Gasteiger charge is -2.37. The number of nitrogens with zero attached hydrogens (tertiary/aromatic N) is 2. The van der Waals surface area contributed by atoms with Crippen LogP contribution in [0.5, 0.6) is 0 Å². The maximum Gasteiger partial charge on any atom is 0.194 e. The zero-order valence-electron chi connectivity index (χ0n) is 13.9. The van der Waals surface area contributed by atoms with Crippen molar-refractivity contribution in [2.24, 2.45) is 4.99 Å². The van der Waals surface area contributed by atoms with Gasteiger partial charge in [0.15, 0.2) is 5.96 Å². The smallest absolute Gasteiger partial charge is 0.194 e. The van der Waals surface area contributed by atoms with Gasteiger partial charge in [-0.25, -0.2) is 8.42 Å². The van der Waals surface area contributed by atoms with Gasteiger partial charge >= 0.3 is 0 Å². The molecular weight excluding hydrogens is 433 g/mol.